The van der Waals surface area contributed by atoms with E-state index in [-0.39, 0.29) is 19.0 Å². The van der Waals surface area contributed by atoms with Gasteiger partial charge in [-0.1, -0.05) is 0 Å². The zero-order chi connectivity index (χ0) is 12.7. The Balaban J connectivity index is 2.28. The van der Waals surface area contributed by atoms with Crippen molar-refractivity contribution >= 4 is 11.9 Å². The number of rotatable bonds is 5. The lowest BCUT2D eigenvalue weighted by atomic mass is 10.3. The molecule has 1 N–H and O–H groups in total. The zero-order valence-corrected chi connectivity index (χ0v) is 9.23. The molecule has 0 aromatic heterocycles. The van der Waals surface area contributed by atoms with Crippen LogP contribution >= 0.6 is 0 Å². The number of halogens is 1. The first-order chi connectivity index (χ1) is 8.11. The number of ether oxygens (including phenoxy) is 2. The summed E-state index contributed by atoms with van der Waals surface area (Å²) in [6, 6.07) is 5.26. The van der Waals surface area contributed by atoms with E-state index in [1.165, 1.54) is 31.4 Å². The van der Waals surface area contributed by atoms with Crippen molar-refractivity contribution in [2.75, 3.05) is 20.3 Å². The highest BCUT2D eigenvalue weighted by atomic mass is 19.1. The molecule has 0 aliphatic heterocycles. The molecule has 6 heteroatoms. The fourth-order valence-electron chi connectivity index (χ4n) is 0.974. The van der Waals surface area contributed by atoms with Crippen molar-refractivity contribution < 1.29 is 23.5 Å². The van der Waals surface area contributed by atoms with Crippen LogP contribution in [0.3, 0.4) is 0 Å². The number of carbonyl (C=O) groups is 2. The summed E-state index contributed by atoms with van der Waals surface area (Å²) >= 11 is 0. The third-order valence-corrected chi connectivity index (χ3v) is 1.84. The van der Waals surface area contributed by atoms with Crippen LogP contribution in [0.1, 0.15) is 0 Å². The van der Waals surface area contributed by atoms with Crippen LogP contribution < -0.4 is 10.1 Å². The fraction of sp³-hybridized carbons (Fsp3) is 0.273. The molecule has 0 aliphatic rings. The normalized spacial score (nSPS) is 9.53. The molecule has 0 aliphatic carbocycles. The van der Waals surface area contributed by atoms with E-state index < -0.39 is 11.9 Å². The van der Waals surface area contributed by atoms with Gasteiger partial charge in [0.15, 0.2) is 6.61 Å². The third-order valence-electron chi connectivity index (χ3n) is 1.84. The predicted octanol–water partition coefficient (Wildman–Crippen LogP) is 0.494. The van der Waals surface area contributed by atoms with Crippen LogP contribution in [-0.4, -0.2) is 32.1 Å². The van der Waals surface area contributed by atoms with Crippen LogP contribution in [0.15, 0.2) is 24.3 Å². The molecule has 1 rings (SSSR count). The molecule has 17 heavy (non-hydrogen) atoms. The van der Waals surface area contributed by atoms with E-state index in [0.29, 0.717) is 5.75 Å². The summed E-state index contributed by atoms with van der Waals surface area (Å²) in [5.41, 5.74) is 0. The van der Waals surface area contributed by atoms with Gasteiger partial charge in [-0.05, 0) is 24.3 Å². The molecule has 0 radical (unpaired) electrons. The summed E-state index contributed by atoms with van der Waals surface area (Å²) in [7, 11) is 1.23. The van der Waals surface area contributed by atoms with Crippen molar-refractivity contribution in [3.8, 4) is 5.75 Å². The number of esters is 1. The van der Waals surface area contributed by atoms with Crippen LogP contribution in [0.25, 0.3) is 0 Å². The maximum atomic E-state index is 12.5. The Morgan fingerprint density at radius 1 is 1.29 bits per heavy atom. The lowest BCUT2D eigenvalue weighted by Crippen LogP contribution is -2.33. The molecule has 0 fully saturated rings. The first-order valence-electron chi connectivity index (χ1n) is 4.83. The number of methoxy groups -OCH3 is 1. The van der Waals surface area contributed by atoms with E-state index in [1.54, 1.807) is 0 Å². The lowest BCUT2D eigenvalue weighted by Gasteiger charge is -2.06. The molecule has 1 amide bonds. The van der Waals surface area contributed by atoms with Gasteiger partial charge in [0.2, 0.25) is 0 Å². The number of amides is 1. The Labute approximate surface area is 97.5 Å². The Morgan fingerprint density at radius 2 is 1.94 bits per heavy atom. The highest BCUT2D eigenvalue weighted by Crippen LogP contribution is 2.10. The third kappa shape index (κ3) is 4.96. The first-order valence-corrected chi connectivity index (χ1v) is 4.83. The Morgan fingerprint density at radius 3 is 2.53 bits per heavy atom. The highest BCUT2D eigenvalue weighted by molar-refractivity contribution is 5.82. The van der Waals surface area contributed by atoms with E-state index >= 15 is 0 Å². The molecule has 0 heterocycles. The van der Waals surface area contributed by atoms with Gasteiger partial charge < -0.3 is 14.8 Å². The standard InChI is InChI=1S/C11H12FNO4/c1-16-11(15)6-13-10(14)7-17-9-4-2-8(12)3-5-9/h2-5H,6-7H2,1H3,(H,13,14). The zero-order valence-electron chi connectivity index (χ0n) is 9.23. The van der Waals surface area contributed by atoms with Gasteiger partial charge in [0.05, 0.1) is 7.11 Å². The van der Waals surface area contributed by atoms with E-state index in [2.05, 4.69) is 10.1 Å². The second kappa shape index (κ2) is 6.47. The molecule has 0 bridgehead atoms. The van der Waals surface area contributed by atoms with Gasteiger partial charge in [0.1, 0.15) is 18.1 Å². The van der Waals surface area contributed by atoms with E-state index in [0.717, 1.165) is 0 Å². The minimum atomic E-state index is -0.542. The van der Waals surface area contributed by atoms with Gasteiger partial charge in [-0.3, -0.25) is 9.59 Å². The SMILES string of the molecule is COC(=O)CNC(=O)COc1ccc(F)cc1. The Bertz CT molecular complexity index is 391. The average molecular weight is 241 g/mol. The molecule has 0 saturated heterocycles. The number of nitrogens with one attached hydrogen (secondary N) is 1. The van der Waals surface area contributed by atoms with Gasteiger partial charge in [0, 0.05) is 0 Å². The van der Waals surface area contributed by atoms with Crippen LogP contribution in [0.5, 0.6) is 5.75 Å². The highest BCUT2D eigenvalue weighted by Gasteiger charge is 2.05. The summed E-state index contributed by atoms with van der Waals surface area (Å²) in [5.74, 6) is -1.01. The molecule has 92 valence electrons. The van der Waals surface area contributed by atoms with Crippen molar-refractivity contribution in [2.45, 2.75) is 0 Å². The van der Waals surface area contributed by atoms with Crippen LogP contribution in [0.4, 0.5) is 4.39 Å². The van der Waals surface area contributed by atoms with E-state index in [4.69, 9.17) is 4.74 Å². The fourth-order valence-corrected chi connectivity index (χ4v) is 0.974. The smallest absolute Gasteiger partial charge is 0.325 e. The van der Waals surface area contributed by atoms with Crippen molar-refractivity contribution in [1.82, 2.24) is 5.32 Å². The molecular formula is C11H12FNO4. The second-order valence-corrected chi connectivity index (χ2v) is 3.10. The van der Waals surface area contributed by atoms with Gasteiger partial charge in [0.25, 0.3) is 5.91 Å². The van der Waals surface area contributed by atoms with Crippen LogP contribution in [0.2, 0.25) is 0 Å². The van der Waals surface area contributed by atoms with Gasteiger partial charge in [-0.25, -0.2) is 4.39 Å². The summed E-state index contributed by atoms with van der Waals surface area (Å²) < 4.78 is 21.9. The topological polar surface area (TPSA) is 64.6 Å². The largest absolute Gasteiger partial charge is 0.484 e. The molecule has 0 spiro atoms. The number of hydrogen-bond donors (Lipinski definition) is 1. The minimum absolute atomic E-state index is 0.206. The number of carbonyl (C=O) groups excluding carboxylic acids is 2. The van der Waals surface area contributed by atoms with Crippen molar-refractivity contribution in [2.24, 2.45) is 0 Å². The van der Waals surface area contributed by atoms with E-state index in [9.17, 15) is 14.0 Å². The van der Waals surface area contributed by atoms with Crippen molar-refractivity contribution in [3.63, 3.8) is 0 Å². The van der Waals surface area contributed by atoms with Crippen LogP contribution in [-0.2, 0) is 14.3 Å². The molecule has 0 atom stereocenters. The predicted molar refractivity (Wildman–Crippen MR) is 56.9 cm³/mol. The number of hydrogen-bond acceptors (Lipinski definition) is 4. The Hall–Kier alpha value is -2.11. The van der Waals surface area contributed by atoms with Gasteiger partial charge in [-0.2, -0.15) is 0 Å². The summed E-state index contributed by atoms with van der Waals surface area (Å²) in [5, 5.41) is 2.30. The quantitative estimate of drug-likeness (QED) is 0.762. The molecule has 0 unspecified atom stereocenters. The molecule has 5 nitrogen and oxygen atoms in total. The lowest BCUT2D eigenvalue weighted by molar-refractivity contribution is -0.141. The van der Waals surface area contributed by atoms with Crippen molar-refractivity contribution in [3.05, 3.63) is 30.1 Å². The van der Waals surface area contributed by atoms with E-state index in [1.807, 2.05) is 0 Å². The summed E-state index contributed by atoms with van der Waals surface area (Å²) in [4.78, 5) is 21.9. The Kier molecular flexibility index (Phi) is 4.93. The molecule has 1 aromatic carbocycles. The first kappa shape index (κ1) is 13.0. The van der Waals surface area contributed by atoms with Gasteiger partial charge in [-0.15, -0.1) is 0 Å². The summed E-state index contributed by atoms with van der Waals surface area (Å²) in [6.07, 6.45) is 0. The number of benzene rings is 1. The van der Waals surface area contributed by atoms with Gasteiger partial charge >= 0.3 is 5.97 Å². The summed E-state index contributed by atoms with van der Waals surface area (Å²) in [6.45, 7) is -0.454. The minimum Gasteiger partial charge on any atom is -0.484 e. The molecular weight excluding hydrogens is 229 g/mol. The molecule has 1 aromatic rings. The second-order valence-electron chi connectivity index (χ2n) is 3.10. The van der Waals surface area contributed by atoms with Crippen LogP contribution in [0, 0.1) is 5.82 Å². The van der Waals surface area contributed by atoms with Crippen molar-refractivity contribution in [1.29, 1.82) is 0 Å². The monoisotopic (exact) mass is 241 g/mol. The maximum Gasteiger partial charge on any atom is 0.325 e. The molecule has 0 saturated carbocycles. The average Bonchev–Trinajstić information content (AvgIpc) is 2.35. The maximum absolute atomic E-state index is 12.5.